The van der Waals surface area contributed by atoms with Crippen molar-refractivity contribution in [3.05, 3.63) is 33.8 Å². The van der Waals surface area contributed by atoms with E-state index >= 15 is 0 Å². The summed E-state index contributed by atoms with van der Waals surface area (Å²) < 4.78 is 0. The van der Waals surface area contributed by atoms with Crippen molar-refractivity contribution in [1.29, 1.82) is 0 Å². The van der Waals surface area contributed by atoms with Crippen LogP contribution in [0.15, 0.2) is 23.2 Å². The first-order chi connectivity index (χ1) is 12.1. The lowest BCUT2D eigenvalue weighted by Gasteiger charge is -2.12. The molecule has 1 saturated carbocycles. The molecular weight excluding hydrogens is 359 g/mol. The molecule has 0 atom stereocenters. The molecule has 0 spiro atoms. The SMILES string of the molecule is CN=C(NCCCC(=O)NC1CC1)NCCCc1ccc(Cl)cc1Cl. The largest absolute Gasteiger partial charge is 0.356 e. The van der Waals surface area contributed by atoms with Gasteiger partial charge in [0.25, 0.3) is 0 Å². The zero-order valence-electron chi connectivity index (χ0n) is 14.6. The van der Waals surface area contributed by atoms with Crippen LogP contribution in [0.2, 0.25) is 10.0 Å². The van der Waals surface area contributed by atoms with Gasteiger partial charge in [-0.05, 0) is 49.8 Å². The number of carbonyl (C=O) groups is 1. The Bertz CT molecular complexity index is 603. The quantitative estimate of drug-likeness (QED) is 0.348. The first kappa shape index (κ1) is 19.9. The van der Waals surface area contributed by atoms with Gasteiger partial charge in [0.15, 0.2) is 5.96 Å². The Morgan fingerprint density at radius 3 is 2.56 bits per heavy atom. The van der Waals surface area contributed by atoms with Crippen molar-refractivity contribution in [3.8, 4) is 0 Å². The fourth-order valence-corrected chi connectivity index (χ4v) is 2.92. The van der Waals surface area contributed by atoms with Crippen LogP contribution in [0.3, 0.4) is 0 Å². The standard InChI is InChI=1S/C18H26Cl2N4O/c1-21-18(23-11-3-5-17(25)24-15-8-9-15)22-10-2-4-13-6-7-14(19)12-16(13)20/h6-7,12,15H,2-5,8-11H2,1H3,(H,24,25)(H2,21,22,23). The smallest absolute Gasteiger partial charge is 0.220 e. The highest BCUT2D eigenvalue weighted by atomic mass is 35.5. The Morgan fingerprint density at radius 2 is 1.92 bits per heavy atom. The van der Waals surface area contributed by atoms with E-state index in [2.05, 4.69) is 20.9 Å². The number of carbonyl (C=O) groups excluding carboxylic acids is 1. The van der Waals surface area contributed by atoms with Crippen molar-refractivity contribution in [2.45, 2.75) is 44.6 Å². The Balaban J connectivity index is 1.56. The number of nitrogens with one attached hydrogen (secondary N) is 3. The first-order valence-corrected chi connectivity index (χ1v) is 9.52. The van der Waals surface area contributed by atoms with Gasteiger partial charge >= 0.3 is 0 Å². The lowest BCUT2D eigenvalue weighted by molar-refractivity contribution is -0.121. The summed E-state index contributed by atoms with van der Waals surface area (Å²) in [6, 6.07) is 6.02. The fourth-order valence-electron chi connectivity index (χ4n) is 2.41. The molecule has 1 aromatic rings. The molecule has 1 aliphatic rings. The summed E-state index contributed by atoms with van der Waals surface area (Å²) in [5, 5.41) is 10.8. The van der Waals surface area contributed by atoms with Gasteiger partial charge in [0.05, 0.1) is 0 Å². The Hall–Kier alpha value is -1.46. The van der Waals surface area contributed by atoms with Crippen LogP contribution in [0, 0.1) is 0 Å². The summed E-state index contributed by atoms with van der Waals surface area (Å²) >= 11 is 12.1. The summed E-state index contributed by atoms with van der Waals surface area (Å²) in [5.74, 6) is 0.900. The van der Waals surface area contributed by atoms with Gasteiger partial charge in [-0.15, -0.1) is 0 Å². The van der Waals surface area contributed by atoms with E-state index < -0.39 is 0 Å². The maximum absolute atomic E-state index is 11.6. The van der Waals surface area contributed by atoms with Crippen molar-refractivity contribution >= 4 is 35.1 Å². The monoisotopic (exact) mass is 384 g/mol. The molecule has 0 aromatic heterocycles. The molecule has 1 aromatic carbocycles. The van der Waals surface area contributed by atoms with E-state index in [1.165, 1.54) is 0 Å². The Kier molecular flexibility index (Phi) is 8.35. The second kappa shape index (κ2) is 10.5. The number of hydrogen-bond acceptors (Lipinski definition) is 2. The minimum atomic E-state index is 0.145. The van der Waals surface area contributed by atoms with Gasteiger partial charge in [0.2, 0.25) is 5.91 Å². The topological polar surface area (TPSA) is 65.5 Å². The van der Waals surface area contributed by atoms with E-state index in [9.17, 15) is 4.79 Å². The maximum Gasteiger partial charge on any atom is 0.220 e. The minimum absolute atomic E-state index is 0.145. The van der Waals surface area contributed by atoms with Crippen LogP contribution in [-0.4, -0.2) is 38.0 Å². The van der Waals surface area contributed by atoms with E-state index in [1.807, 2.05) is 12.1 Å². The first-order valence-electron chi connectivity index (χ1n) is 8.76. The molecule has 1 amide bonds. The zero-order valence-corrected chi connectivity index (χ0v) is 16.1. The number of halogens is 2. The predicted molar refractivity (Wildman–Crippen MR) is 105 cm³/mol. The van der Waals surface area contributed by atoms with Crippen LogP contribution >= 0.6 is 23.2 Å². The lowest BCUT2D eigenvalue weighted by atomic mass is 10.1. The summed E-state index contributed by atoms with van der Waals surface area (Å²) in [5.41, 5.74) is 1.09. The van der Waals surface area contributed by atoms with E-state index in [4.69, 9.17) is 23.2 Å². The molecular formula is C18H26Cl2N4O. The molecule has 2 rings (SSSR count). The second-order valence-corrected chi connectivity index (χ2v) is 7.05. The van der Waals surface area contributed by atoms with E-state index in [1.54, 1.807) is 13.1 Å². The van der Waals surface area contributed by atoms with Gasteiger partial charge in [-0.1, -0.05) is 29.3 Å². The van der Waals surface area contributed by atoms with Gasteiger partial charge < -0.3 is 16.0 Å². The van der Waals surface area contributed by atoms with Gasteiger partial charge in [0.1, 0.15) is 0 Å². The molecule has 3 N–H and O–H groups in total. The molecule has 138 valence electrons. The minimum Gasteiger partial charge on any atom is -0.356 e. The van der Waals surface area contributed by atoms with Crippen molar-refractivity contribution in [1.82, 2.24) is 16.0 Å². The summed E-state index contributed by atoms with van der Waals surface area (Å²) in [4.78, 5) is 15.8. The second-order valence-electron chi connectivity index (χ2n) is 6.21. The third-order valence-corrected chi connectivity index (χ3v) is 4.56. The molecule has 5 nitrogen and oxygen atoms in total. The molecule has 0 saturated heterocycles. The highest BCUT2D eigenvalue weighted by Gasteiger charge is 2.22. The van der Waals surface area contributed by atoms with E-state index in [-0.39, 0.29) is 5.91 Å². The zero-order chi connectivity index (χ0) is 18.1. The Labute approximate surface area is 159 Å². The number of rotatable bonds is 9. The molecule has 1 fully saturated rings. The van der Waals surface area contributed by atoms with Gasteiger partial charge in [0, 0.05) is 42.6 Å². The van der Waals surface area contributed by atoms with Gasteiger partial charge in [-0.25, -0.2) is 0 Å². The van der Waals surface area contributed by atoms with Crippen LogP contribution in [0.5, 0.6) is 0 Å². The third-order valence-electron chi connectivity index (χ3n) is 3.97. The van der Waals surface area contributed by atoms with E-state index in [0.717, 1.165) is 56.7 Å². The maximum atomic E-state index is 11.6. The van der Waals surface area contributed by atoms with Crippen molar-refractivity contribution in [2.24, 2.45) is 4.99 Å². The Morgan fingerprint density at radius 1 is 1.20 bits per heavy atom. The molecule has 1 aliphatic carbocycles. The van der Waals surface area contributed by atoms with Crippen LogP contribution in [-0.2, 0) is 11.2 Å². The van der Waals surface area contributed by atoms with Crippen LogP contribution in [0.25, 0.3) is 0 Å². The average molecular weight is 385 g/mol. The average Bonchev–Trinajstić information content (AvgIpc) is 3.39. The highest BCUT2D eigenvalue weighted by molar-refractivity contribution is 6.35. The molecule has 0 aliphatic heterocycles. The van der Waals surface area contributed by atoms with Gasteiger partial charge in [-0.3, -0.25) is 9.79 Å². The number of aliphatic imine (C=N–C) groups is 1. The summed E-state index contributed by atoms with van der Waals surface area (Å²) in [6.07, 6.45) is 5.41. The number of hydrogen-bond donors (Lipinski definition) is 3. The van der Waals surface area contributed by atoms with Crippen molar-refractivity contribution in [3.63, 3.8) is 0 Å². The van der Waals surface area contributed by atoms with Crippen molar-refractivity contribution < 1.29 is 4.79 Å². The molecule has 0 unspecified atom stereocenters. The summed E-state index contributed by atoms with van der Waals surface area (Å²) in [7, 11) is 1.74. The molecule has 0 radical (unpaired) electrons. The summed E-state index contributed by atoms with van der Waals surface area (Å²) in [6.45, 7) is 1.52. The van der Waals surface area contributed by atoms with Crippen LogP contribution < -0.4 is 16.0 Å². The normalized spacial score (nSPS) is 14.3. The van der Waals surface area contributed by atoms with Crippen molar-refractivity contribution in [2.75, 3.05) is 20.1 Å². The number of nitrogens with zero attached hydrogens (tertiary/aromatic N) is 1. The number of aryl methyl sites for hydroxylation is 1. The van der Waals surface area contributed by atoms with E-state index in [0.29, 0.717) is 22.5 Å². The lowest BCUT2D eigenvalue weighted by Crippen LogP contribution is -2.38. The van der Waals surface area contributed by atoms with Gasteiger partial charge in [-0.2, -0.15) is 0 Å². The predicted octanol–water partition coefficient (Wildman–Crippen LogP) is 3.15. The molecule has 25 heavy (non-hydrogen) atoms. The van der Waals surface area contributed by atoms with Crippen LogP contribution in [0.1, 0.15) is 37.7 Å². The van der Waals surface area contributed by atoms with Crippen LogP contribution in [0.4, 0.5) is 0 Å². The highest BCUT2D eigenvalue weighted by Crippen LogP contribution is 2.21. The number of guanidine groups is 1. The number of benzene rings is 1. The third kappa shape index (κ3) is 7.97. The molecule has 7 heteroatoms. The fraction of sp³-hybridized carbons (Fsp3) is 0.556. The molecule has 0 bridgehead atoms. The number of amides is 1. The molecule has 0 heterocycles.